The first-order chi connectivity index (χ1) is 11.4. The number of benzene rings is 1. The summed E-state index contributed by atoms with van der Waals surface area (Å²) >= 11 is 0. The molecule has 7 heteroatoms. The minimum atomic E-state index is -4.64. The number of phosphoric acid groups is 1. The molecule has 24 heavy (non-hydrogen) atoms. The van der Waals surface area contributed by atoms with Crippen LogP contribution in [0, 0.1) is 0 Å². The predicted molar refractivity (Wildman–Crippen MR) is 95.0 cm³/mol. The summed E-state index contributed by atoms with van der Waals surface area (Å²) in [5.41, 5.74) is 0. The van der Waals surface area contributed by atoms with Gasteiger partial charge in [-0.25, -0.2) is 4.57 Å². The van der Waals surface area contributed by atoms with Gasteiger partial charge in [0.2, 0.25) is 0 Å². The zero-order chi connectivity index (χ0) is 18.1. The quantitative estimate of drug-likeness (QED) is 0.385. The summed E-state index contributed by atoms with van der Waals surface area (Å²) in [7, 11) is -4.64. The van der Waals surface area contributed by atoms with Crippen LogP contribution < -0.4 is 4.74 Å². The van der Waals surface area contributed by atoms with Crippen LogP contribution in [0.1, 0.15) is 51.9 Å². The number of para-hydroxylation sites is 1. The maximum atomic E-state index is 8.88. The molecule has 0 spiro atoms. The van der Waals surface area contributed by atoms with Gasteiger partial charge in [-0.3, -0.25) is 0 Å². The molecular formula is C17H31O6P. The molecule has 0 saturated heterocycles. The Labute approximate surface area is 145 Å². The van der Waals surface area contributed by atoms with Crippen molar-refractivity contribution in [2.75, 3.05) is 19.8 Å². The second-order valence-corrected chi connectivity index (χ2v) is 6.37. The summed E-state index contributed by atoms with van der Waals surface area (Å²) in [5.74, 6) is 0.985. The van der Waals surface area contributed by atoms with Gasteiger partial charge in [0.1, 0.15) is 5.75 Å². The number of hydrogen-bond acceptors (Lipinski definition) is 3. The lowest BCUT2D eigenvalue weighted by Gasteiger charge is -2.05. The van der Waals surface area contributed by atoms with E-state index in [2.05, 4.69) is 6.92 Å². The SMILES string of the molecule is CCOCCCCCCCCCOc1ccccc1.O=P(O)(O)O. The molecule has 0 aliphatic rings. The van der Waals surface area contributed by atoms with Crippen LogP contribution in [0.5, 0.6) is 5.75 Å². The van der Waals surface area contributed by atoms with E-state index in [0.717, 1.165) is 32.0 Å². The smallest absolute Gasteiger partial charge is 0.466 e. The Kier molecular flexibility index (Phi) is 15.0. The van der Waals surface area contributed by atoms with Crippen molar-refractivity contribution in [2.45, 2.75) is 51.9 Å². The zero-order valence-electron chi connectivity index (χ0n) is 14.5. The fourth-order valence-electron chi connectivity index (χ4n) is 2.04. The summed E-state index contributed by atoms with van der Waals surface area (Å²) in [5, 5.41) is 0. The number of hydrogen-bond donors (Lipinski definition) is 3. The molecule has 0 bridgehead atoms. The summed E-state index contributed by atoms with van der Waals surface area (Å²) in [6.07, 6.45) is 8.97. The molecule has 3 N–H and O–H groups in total. The van der Waals surface area contributed by atoms with Gasteiger partial charge in [-0.05, 0) is 31.9 Å². The molecule has 0 fully saturated rings. The third kappa shape index (κ3) is 21.1. The molecule has 1 aromatic carbocycles. The molecule has 1 rings (SSSR count). The van der Waals surface area contributed by atoms with Crippen LogP contribution in [-0.2, 0) is 9.30 Å². The van der Waals surface area contributed by atoms with Crippen LogP contribution in [-0.4, -0.2) is 34.5 Å². The third-order valence-electron chi connectivity index (χ3n) is 3.15. The molecule has 0 heterocycles. The third-order valence-corrected chi connectivity index (χ3v) is 3.15. The molecule has 6 nitrogen and oxygen atoms in total. The highest BCUT2D eigenvalue weighted by Gasteiger charge is 2.00. The Morgan fingerprint density at radius 2 is 1.29 bits per heavy atom. The number of unbranched alkanes of at least 4 members (excludes halogenated alkanes) is 6. The van der Waals surface area contributed by atoms with Crippen molar-refractivity contribution in [3.63, 3.8) is 0 Å². The first-order valence-corrected chi connectivity index (χ1v) is 10.0. The predicted octanol–water partition coefficient (Wildman–Crippen LogP) is 3.90. The van der Waals surface area contributed by atoms with E-state index in [0.29, 0.717) is 0 Å². The van der Waals surface area contributed by atoms with Gasteiger partial charge in [-0.2, -0.15) is 0 Å². The largest absolute Gasteiger partial charge is 0.494 e. The van der Waals surface area contributed by atoms with E-state index >= 15 is 0 Å². The van der Waals surface area contributed by atoms with E-state index in [1.54, 1.807) is 0 Å². The second kappa shape index (κ2) is 15.6. The van der Waals surface area contributed by atoms with E-state index in [-0.39, 0.29) is 0 Å². The maximum Gasteiger partial charge on any atom is 0.466 e. The highest BCUT2D eigenvalue weighted by molar-refractivity contribution is 7.45. The van der Waals surface area contributed by atoms with Crippen LogP contribution >= 0.6 is 7.82 Å². The summed E-state index contributed by atoms with van der Waals surface area (Å²) in [6.45, 7) is 4.68. The molecule has 0 saturated carbocycles. The highest BCUT2D eigenvalue weighted by atomic mass is 31.2. The van der Waals surface area contributed by atoms with Crippen molar-refractivity contribution in [1.82, 2.24) is 0 Å². The highest BCUT2D eigenvalue weighted by Crippen LogP contribution is 2.25. The van der Waals surface area contributed by atoms with Crippen LogP contribution in [0.2, 0.25) is 0 Å². The summed E-state index contributed by atoms with van der Waals surface area (Å²) < 4.78 is 19.9. The van der Waals surface area contributed by atoms with Crippen molar-refractivity contribution in [2.24, 2.45) is 0 Å². The monoisotopic (exact) mass is 362 g/mol. The lowest BCUT2D eigenvalue weighted by atomic mass is 10.1. The van der Waals surface area contributed by atoms with E-state index in [9.17, 15) is 0 Å². The first kappa shape index (κ1) is 23.1. The van der Waals surface area contributed by atoms with Crippen molar-refractivity contribution in [3.8, 4) is 5.75 Å². The Balaban J connectivity index is 0.000000922. The van der Waals surface area contributed by atoms with Gasteiger partial charge in [0.25, 0.3) is 0 Å². The molecule has 0 atom stereocenters. The fraction of sp³-hybridized carbons (Fsp3) is 0.647. The molecule has 140 valence electrons. The fourth-order valence-corrected chi connectivity index (χ4v) is 2.04. The van der Waals surface area contributed by atoms with Crippen molar-refractivity contribution >= 4 is 7.82 Å². The number of rotatable bonds is 12. The molecular weight excluding hydrogens is 331 g/mol. The molecule has 0 unspecified atom stereocenters. The maximum absolute atomic E-state index is 8.88. The molecule has 0 amide bonds. The average Bonchev–Trinajstić information content (AvgIpc) is 2.52. The molecule has 0 aromatic heterocycles. The molecule has 0 radical (unpaired) electrons. The van der Waals surface area contributed by atoms with E-state index in [1.807, 2.05) is 30.3 Å². The first-order valence-electron chi connectivity index (χ1n) is 8.47. The topological polar surface area (TPSA) is 96.2 Å². The van der Waals surface area contributed by atoms with Gasteiger partial charge in [-0.15, -0.1) is 0 Å². The van der Waals surface area contributed by atoms with Crippen LogP contribution in [0.3, 0.4) is 0 Å². The normalized spacial score (nSPS) is 10.8. The van der Waals surface area contributed by atoms with Crippen molar-refractivity contribution in [1.29, 1.82) is 0 Å². The van der Waals surface area contributed by atoms with Gasteiger partial charge < -0.3 is 24.2 Å². The average molecular weight is 362 g/mol. The number of ether oxygens (including phenoxy) is 2. The Bertz CT molecular complexity index is 412. The Hall–Kier alpha value is -0.910. The van der Waals surface area contributed by atoms with Crippen LogP contribution in [0.25, 0.3) is 0 Å². The molecule has 1 aromatic rings. The lowest BCUT2D eigenvalue weighted by Crippen LogP contribution is -1.97. The van der Waals surface area contributed by atoms with E-state index in [4.69, 9.17) is 28.7 Å². The minimum absolute atomic E-state index is 0.842. The lowest BCUT2D eigenvalue weighted by molar-refractivity contribution is 0.143. The Morgan fingerprint density at radius 1 is 0.833 bits per heavy atom. The van der Waals surface area contributed by atoms with Gasteiger partial charge in [0.05, 0.1) is 6.61 Å². The zero-order valence-corrected chi connectivity index (χ0v) is 15.4. The van der Waals surface area contributed by atoms with Crippen molar-refractivity contribution in [3.05, 3.63) is 30.3 Å². The Morgan fingerprint density at radius 3 is 1.79 bits per heavy atom. The minimum Gasteiger partial charge on any atom is -0.494 e. The summed E-state index contributed by atoms with van der Waals surface area (Å²) in [6, 6.07) is 10.1. The molecule has 0 aliphatic carbocycles. The van der Waals surface area contributed by atoms with E-state index < -0.39 is 7.82 Å². The second-order valence-electron chi connectivity index (χ2n) is 5.35. The van der Waals surface area contributed by atoms with Crippen LogP contribution in [0.4, 0.5) is 0 Å². The standard InChI is InChI=1S/C17H28O2.H3O4P/c1-2-18-15-11-6-4-3-5-7-12-16-19-17-13-9-8-10-14-17;1-5(2,3)4/h8-10,13-14H,2-7,11-12,15-16H2,1H3;(H3,1,2,3,4). The van der Waals surface area contributed by atoms with Gasteiger partial charge in [0, 0.05) is 13.2 Å². The van der Waals surface area contributed by atoms with Gasteiger partial charge >= 0.3 is 7.82 Å². The van der Waals surface area contributed by atoms with E-state index in [1.165, 1.54) is 38.5 Å². The van der Waals surface area contributed by atoms with Gasteiger partial charge in [0.15, 0.2) is 0 Å². The summed E-state index contributed by atoms with van der Waals surface area (Å²) in [4.78, 5) is 21.6. The molecule has 0 aliphatic heterocycles. The van der Waals surface area contributed by atoms with Crippen LogP contribution in [0.15, 0.2) is 30.3 Å². The van der Waals surface area contributed by atoms with Gasteiger partial charge in [-0.1, -0.05) is 50.3 Å². The van der Waals surface area contributed by atoms with Crippen molar-refractivity contribution < 1.29 is 28.7 Å².